The van der Waals surface area contributed by atoms with Crippen LogP contribution >= 0.6 is 0 Å². The summed E-state index contributed by atoms with van der Waals surface area (Å²) in [6.45, 7) is 6.58. The highest BCUT2D eigenvalue weighted by atomic mass is 16.6. The Labute approximate surface area is 359 Å². The molecule has 0 radical (unpaired) electrons. The minimum Gasteiger partial charge on any atom is -0.462 e. The second-order valence-electron chi connectivity index (χ2n) is 16.7. The molecule has 0 aliphatic heterocycles. The molecule has 1 atom stereocenters. The van der Waals surface area contributed by atoms with Gasteiger partial charge in [0.05, 0.1) is 0 Å². The number of hydrogen-bond donors (Lipinski definition) is 0. The van der Waals surface area contributed by atoms with E-state index in [1.165, 1.54) is 135 Å². The molecule has 0 N–H and O–H groups in total. The monoisotopic (exact) mass is 815 g/mol. The summed E-state index contributed by atoms with van der Waals surface area (Å²) < 4.78 is 16.7. The topological polar surface area (TPSA) is 78.9 Å². The third-order valence-corrected chi connectivity index (χ3v) is 10.8. The smallest absolute Gasteiger partial charge is 0.306 e. The van der Waals surface area contributed by atoms with E-state index in [1.54, 1.807) is 0 Å². The first kappa shape index (κ1) is 55.6. The highest BCUT2D eigenvalue weighted by Gasteiger charge is 2.19. The minimum atomic E-state index is -0.779. The average Bonchev–Trinajstić information content (AvgIpc) is 3.22. The van der Waals surface area contributed by atoms with Gasteiger partial charge in [-0.3, -0.25) is 14.4 Å². The van der Waals surface area contributed by atoms with Crippen LogP contribution in [0, 0.1) is 0 Å². The molecule has 338 valence electrons. The van der Waals surface area contributed by atoms with Crippen LogP contribution in [0.15, 0.2) is 36.5 Å². The Bertz CT molecular complexity index is 984. The zero-order chi connectivity index (χ0) is 42.3. The van der Waals surface area contributed by atoms with E-state index in [4.69, 9.17) is 14.2 Å². The van der Waals surface area contributed by atoms with Crippen molar-refractivity contribution in [3.8, 4) is 0 Å². The van der Waals surface area contributed by atoms with Gasteiger partial charge in [-0.05, 0) is 96.3 Å². The highest BCUT2D eigenvalue weighted by molar-refractivity contribution is 5.71. The summed E-state index contributed by atoms with van der Waals surface area (Å²) in [5.74, 6) is -0.901. The first-order valence-electron chi connectivity index (χ1n) is 25.0. The van der Waals surface area contributed by atoms with E-state index in [0.29, 0.717) is 19.3 Å². The molecule has 0 spiro atoms. The van der Waals surface area contributed by atoms with Gasteiger partial charge >= 0.3 is 17.9 Å². The lowest BCUT2D eigenvalue weighted by molar-refractivity contribution is -0.167. The summed E-state index contributed by atoms with van der Waals surface area (Å²) in [7, 11) is 0. The Kier molecular flexibility index (Phi) is 45.4. The van der Waals surface area contributed by atoms with Crippen molar-refractivity contribution in [1.82, 2.24) is 0 Å². The van der Waals surface area contributed by atoms with E-state index < -0.39 is 6.10 Å². The van der Waals surface area contributed by atoms with Crippen LogP contribution in [0.2, 0.25) is 0 Å². The Morgan fingerprint density at radius 3 is 0.879 bits per heavy atom. The van der Waals surface area contributed by atoms with Crippen LogP contribution < -0.4 is 0 Å². The van der Waals surface area contributed by atoms with Gasteiger partial charge in [-0.15, -0.1) is 0 Å². The molecule has 0 saturated carbocycles. The molecular formula is C52H94O6. The van der Waals surface area contributed by atoms with E-state index >= 15 is 0 Å². The van der Waals surface area contributed by atoms with Gasteiger partial charge in [0.25, 0.3) is 0 Å². The van der Waals surface area contributed by atoms with Crippen molar-refractivity contribution in [1.29, 1.82) is 0 Å². The van der Waals surface area contributed by atoms with Crippen LogP contribution in [-0.4, -0.2) is 37.2 Å². The van der Waals surface area contributed by atoms with E-state index in [-0.39, 0.29) is 31.1 Å². The van der Waals surface area contributed by atoms with Gasteiger partial charge in [0, 0.05) is 19.3 Å². The second kappa shape index (κ2) is 47.3. The summed E-state index contributed by atoms with van der Waals surface area (Å²) >= 11 is 0. The van der Waals surface area contributed by atoms with E-state index in [9.17, 15) is 14.4 Å². The molecule has 0 fully saturated rings. The zero-order valence-electron chi connectivity index (χ0n) is 38.6. The predicted molar refractivity (Wildman–Crippen MR) is 247 cm³/mol. The van der Waals surface area contributed by atoms with Crippen LogP contribution in [-0.2, 0) is 28.6 Å². The second-order valence-corrected chi connectivity index (χ2v) is 16.7. The molecule has 0 aromatic carbocycles. The highest BCUT2D eigenvalue weighted by Crippen LogP contribution is 2.14. The number of hydrogen-bond acceptors (Lipinski definition) is 6. The standard InChI is InChI=1S/C52H94O6/c1-4-7-10-13-16-19-22-25-28-30-33-36-39-42-45-51(54)57-48-49(58-52(55)46-43-40-37-34-31-27-24-21-18-15-12-9-6-3)47-56-50(53)44-41-38-35-32-29-26-23-20-17-14-11-8-5-2/h20-25,49H,4-19,26-48H2,1-3H3/b23-20-,24-21-,25-22-/t49-/m1/s1. The lowest BCUT2D eigenvalue weighted by Crippen LogP contribution is -2.30. The first-order chi connectivity index (χ1) is 28.5. The fourth-order valence-electron chi connectivity index (χ4n) is 7.01. The van der Waals surface area contributed by atoms with Gasteiger partial charge in [0.2, 0.25) is 0 Å². The quantitative estimate of drug-likeness (QED) is 0.0264. The predicted octanol–water partition coefficient (Wildman–Crippen LogP) is 16.1. The number of allylic oxidation sites excluding steroid dienone is 6. The number of esters is 3. The van der Waals surface area contributed by atoms with Crippen molar-refractivity contribution < 1.29 is 28.6 Å². The molecule has 0 aliphatic carbocycles. The maximum Gasteiger partial charge on any atom is 0.306 e. The third-order valence-electron chi connectivity index (χ3n) is 10.8. The molecular weight excluding hydrogens is 721 g/mol. The van der Waals surface area contributed by atoms with Gasteiger partial charge in [-0.1, -0.05) is 179 Å². The molecule has 58 heavy (non-hydrogen) atoms. The van der Waals surface area contributed by atoms with Crippen LogP contribution in [0.5, 0.6) is 0 Å². The Balaban J connectivity index is 4.40. The molecule has 0 saturated heterocycles. The summed E-state index contributed by atoms with van der Waals surface area (Å²) in [4.78, 5) is 37.9. The van der Waals surface area contributed by atoms with Crippen molar-refractivity contribution in [2.24, 2.45) is 0 Å². The van der Waals surface area contributed by atoms with E-state index in [2.05, 4.69) is 57.2 Å². The maximum absolute atomic E-state index is 12.8. The van der Waals surface area contributed by atoms with Crippen LogP contribution in [0.25, 0.3) is 0 Å². The summed E-state index contributed by atoms with van der Waals surface area (Å²) in [5.41, 5.74) is 0. The fourth-order valence-corrected chi connectivity index (χ4v) is 7.01. The van der Waals surface area contributed by atoms with Gasteiger partial charge in [-0.2, -0.15) is 0 Å². The van der Waals surface area contributed by atoms with Crippen molar-refractivity contribution >= 4 is 17.9 Å². The SMILES string of the molecule is CCCCCC/C=C\CCCCCCCC(=O)OC[C@H](COC(=O)CCCCCCC/C=C\CCCCCCC)OC(=O)CCCCCCC/C=C\CCCCCC. The van der Waals surface area contributed by atoms with Crippen molar-refractivity contribution in [2.45, 2.75) is 264 Å². The summed E-state index contributed by atoms with van der Waals surface area (Å²) in [5, 5.41) is 0. The minimum absolute atomic E-state index is 0.0813. The molecule has 0 amide bonds. The van der Waals surface area contributed by atoms with Crippen molar-refractivity contribution in [3.05, 3.63) is 36.5 Å². The number of rotatable bonds is 45. The van der Waals surface area contributed by atoms with Crippen LogP contribution in [0.3, 0.4) is 0 Å². The summed E-state index contributed by atoms with van der Waals surface area (Å²) in [6.07, 6.45) is 54.0. The molecule has 0 unspecified atom stereocenters. The van der Waals surface area contributed by atoms with Gasteiger partial charge in [-0.25, -0.2) is 0 Å². The number of unbranched alkanes of at least 4 members (excludes halogenated alkanes) is 28. The number of ether oxygens (including phenoxy) is 3. The van der Waals surface area contributed by atoms with E-state index in [0.717, 1.165) is 83.5 Å². The van der Waals surface area contributed by atoms with Gasteiger partial charge in [0.15, 0.2) is 6.10 Å². The van der Waals surface area contributed by atoms with Gasteiger partial charge in [0.1, 0.15) is 13.2 Å². The molecule has 0 bridgehead atoms. The average molecular weight is 815 g/mol. The van der Waals surface area contributed by atoms with Crippen LogP contribution in [0.1, 0.15) is 258 Å². The van der Waals surface area contributed by atoms with E-state index in [1.807, 2.05) is 0 Å². The fraction of sp³-hybridized carbons (Fsp3) is 0.827. The Morgan fingerprint density at radius 1 is 0.328 bits per heavy atom. The van der Waals surface area contributed by atoms with Gasteiger partial charge < -0.3 is 14.2 Å². The molecule has 6 nitrogen and oxygen atoms in total. The molecule has 0 heterocycles. The third kappa shape index (κ3) is 44.7. The van der Waals surface area contributed by atoms with Crippen LogP contribution in [0.4, 0.5) is 0 Å². The lowest BCUT2D eigenvalue weighted by Gasteiger charge is -2.18. The van der Waals surface area contributed by atoms with Crippen molar-refractivity contribution in [3.63, 3.8) is 0 Å². The molecule has 0 aliphatic rings. The first-order valence-corrected chi connectivity index (χ1v) is 25.0. The molecule has 0 aromatic rings. The Morgan fingerprint density at radius 2 is 0.569 bits per heavy atom. The largest absolute Gasteiger partial charge is 0.462 e. The molecule has 0 rings (SSSR count). The van der Waals surface area contributed by atoms with Crippen molar-refractivity contribution in [2.75, 3.05) is 13.2 Å². The number of carbonyl (C=O) groups excluding carboxylic acids is 3. The molecule has 6 heteroatoms. The summed E-state index contributed by atoms with van der Waals surface area (Å²) in [6, 6.07) is 0. The maximum atomic E-state index is 12.8. The Hall–Kier alpha value is -2.37. The normalized spacial score (nSPS) is 12.3. The molecule has 0 aromatic heterocycles. The lowest BCUT2D eigenvalue weighted by atomic mass is 10.1. The number of carbonyl (C=O) groups is 3. The zero-order valence-corrected chi connectivity index (χ0v) is 38.6.